The van der Waals surface area contributed by atoms with Crippen molar-refractivity contribution in [1.29, 1.82) is 0 Å². The highest BCUT2D eigenvalue weighted by Crippen LogP contribution is 1.87. The highest BCUT2D eigenvalue weighted by Gasteiger charge is 1.98. The predicted octanol–water partition coefficient (Wildman–Crippen LogP) is 0.124. The Balaban J connectivity index is 3.23. The Bertz CT molecular complexity index is 172. The first-order valence-corrected chi connectivity index (χ1v) is 4.10. The van der Waals surface area contributed by atoms with E-state index in [1.54, 1.807) is 7.05 Å². The molecule has 0 aliphatic heterocycles. The first-order valence-electron chi connectivity index (χ1n) is 4.10. The lowest BCUT2D eigenvalue weighted by Crippen LogP contribution is -2.26. The zero-order chi connectivity index (χ0) is 9.40. The summed E-state index contributed by atoms with van der Waals surface area (Å²) in [5.41, 5.74) is 0. The third-order valence-electron chi connectivity index (χ3n) is 1.56. The molecule has 1 atom stereocenters. The van der Waals surface area contributed by atoms with Crippen molar-refractivity contribution in [1.82, 2.24) is 10.6 Å². The van der Waals surface area contributed by atoms with E-state index in [0.717, 1.165) is 13.0 Å². The minimum atomic E-state index is 0.0742. The lowest BCUT2D eigenvalue weighted by molar-refractivity contribution is -0.120. The summed E-state index contributed by atoms with van der Waals surface area (Å²) < 4.78 is 0. The number of carbonyl (C=O) groups is 1. The number of nitrogens with one attached hydrogen (secondary N) is 2. The average Bonchev–Trinajstić information content (AvgIpc) is 2.11. The van der Waals surface area contributed by atoms with Crippen LogP contribution in [0.15, 0.2) is 0 Å². The topological polar surface area (TPSA) is 41.1 Å². The normalized spacial score (nSPS) is 11.8. The van der Waals surface area contributed by atoms with Crippen molar-refractivity contribution in [2.45, 2.75) is 25.8 Å². The summed E-state index contributed by atoms with van der Waals surface area (Å²) in [6.45, 7) is 2.71. The fourth-order valence-electron chi connectivity index (χ4n) is 0.751. The third kappa shape index (κ3) is 5.75. The number of terminal acetylenes is 1. The zero-order valence-corrected chi connectivity index (χ0v) is 7.68. The van der Waals surface area contributed by atoms with Gasteiger partial charge in [0, 0.05) is 13.5 Å². The minimum absolute atomic E-state index is 0.0742. The summed E-state index contributed by atoms with van der Waals surface area (Å²) in [5.74, 6) is 2.63. The van der Waals surface area contributed by atoms with Gasteiger partial charge in [-0.1, -0.05) is 5.92 Å². The number of rotatable bonds is 5. The van der Waals surface area contributed by atoms with Gasteiger partial charge in [-0.05, 0) is 19.9 Å². The smallest absolute Gasteiger partial charge is 0.219 e. The van der Waals surface area contributed by atoms with Gasteiger partial charge in [0.15, 0.2) is 0 Å². The standard InChI is InChI=1S/C9H16N2O/c1-4-8(2)11-7-5-6-9(12)10-3/h1,8,11H,5-7H2,2-3H3,(H,10,12). The van der Waals surface area contributed by atoms with Crippen LogP contribution in [0.1, 0.15) is 19.8 Å². The molecule has 3 nitrogen and oxygen atoms in total. The Morgan fingerprint density at radius 2 is 2.33 bits per heavy atom. The van der Waals surface area contributed by atoms with E-state index in [9.17, 15) is 4.79 Å². The first-order chi connectivity index (χ1) is 5.70. The van der Waals surface area contributed by atoms with Gasteiger partial charge < -0.3 is 10.6 Å². The minimum Gasteiger partial charge on any atom is -0.359 e. The lowest BCUT2D eigenvalue weighted by atomic mass is 10.2. The molecule has 12 heavy (non-hydrogen) atoms. The van der Waals surface area contributed by atoms with Crippen molar-refractivity contribution < 1.29 is 4.79 Å². The van der Waals surface area contributed by atoms with Crippen molar-refractivity contribution >= 4 is 5.91 Å². The maximum atomic E-state index is 10.7. The van der Waals surface area contributed by atoms with Gasteiger partial charge >= 0.3 is 0 Å². The third-order valence-corrected chi connectivity index (χ3v) is 1.56. The van der Waals surface area contributed by atoms with E-state index in [2.05, 4.69) is 16.6 Å². The molecule has 68 valence electrons. The zero-order valence-electron chi connectivity index (χ0n) is 7.68. The average molecular weight is 168 g/mol. The predicted molar refractivity (Wildman–Crippen MR) is 49.6 cm³/mol. The highest BCUT2D eigenvalue weighted by atomic mass is 16.1. The molecule has 0 rings (SSSR count). The van der Waals surface area contributed by atoms with Crippen LogP contribution in [-0.4, -0.2) is 25.5 Å². The van der Waals surface area contributed by atoms with E-state index in [1.807, 2.05) is 6.92 Å². The molecule has 0 bridgehead atoms. The van der Waals surface area contributed by atoms with Crippen molar-refractivity contribution in [3.05, 3.63) is 0 Å². The monoisotopic (exact) mass is 168 g/mol. The molecule has 3 heteroatoms. The SMILES string of the molecule is C#CC(C)NCCCC(=O)NC. The fraction of sp³-hybridized carbons (Fsp3) is 0.667. The Morgan fingerprint density at radius 1 is 1.67 bits per heavy atom. The van der Waals surface area contributed by atoms with Gasteiger partial charge in [0.2, 0.25) is 5.91 Å². The summed E-state index contributed by atoms with van der Waals surface area (Å²) in [4.78, 5) is 10.7. The van der Waals surface area contributed by atoms with E-state index in [1.165, 1.54) is 0 Å². The second-order valence-electron chi connectivity index (χ2n) is 2.62. The second-order valence-corrected chi connectivity index (χ2v) is 2.62. The molecule has 1 unspecified atom stereocenters. The van der Waals surface area contributed by atoms with Gasteiger partial charge in [-0.3, -0.25) is 4.79 Å². The maximum Gasteiger partial charge on any atom is 0.219 e. The van der Waals surface area contributed by atoms with Gasteiger partial charge in [-0.25, -0.2) is 0 Å². The molecule has 0 aliphatic rings. The number of amides is 1. The van der Waals surface area contributed by atoms with E-state index >= 15 is 0 Å². The quantitative estimate of drug-likeness (QED) is 0.452. The van der Waals surface area contributed by atoms with Crippen molar-refractivity contribution in [3.8, 4) is 12.3 Å². The fourth-order valence-corrected chi connectivity index (χ4v) is 0.751. The van der Waals surface area contributed by atoms with Gasteiger partial charge in [-0.15, -0.1) is 6.42 Å². The molecule has 0 saturated carbocycles. The first kappa shape index (κ1) is 11.0. The molecule has 0 spiro atoms. The molecule has 2 N–H and O–H groups in total. The molecule has 0 aromatic heterocycles. The summed E-state index contributed by atoms with van der Waals surface area (Å²) in [5, 5.41) is 5.66. The molecular formula is C9H16N2O. The van der Waals surface area contributed by atoms with Crippen molar-refractivity contribution in [2.75, 3.05) is 13.6 Å². The highest BCUT2D eigenvalue weighted by molar-refractivity contribution is 5.75. The van der Waals surface area contributed by atoms with Gasteiger partial charge in [-0.2, -0.15) is 0 Å². The molecule has 0 fully saturated rings. The molecule has 1 amide bonds. The van der Waals surface area contributed by atoms with E-state index in [-0.39, 0.29) is 11.9 Å². The largest absolute Gasteiger partial charge is 0.359 e. The Kier molecular flexibility index (Phi) is 6.12. The van der Waals surface area contributed by atoms with E-state index < -0.39 is 0 Å². The lowest BCUT2D eigenvalue weighted by Gasteiger charge is -2.05. The number of hydrogen-bond donors (Lipinski definition) is 2. The van der Waals surface area contributed by atoms with Crippen LogP contribution in [0.25, 0.3) is 0 Å². The second kappa shape index (κ2) is 6.68. The van der Waals surface area contributed by atoms with Crippen LogP contribution in [0.3, 0.4) is 0 Å². The molecule has 0 aromatic carbocycles. The van der Waals surface area contributed by atoms with Crippen LogP contribution in [-0.2, 0) is 4.79 Å². The van der Waals surface area contributed by atoms with Gasteiger partial charge in [0.1, 0.15) is 0 Å². The van der Waals surface area contributed by atoms with Crippen molar-refractivity contribution in [3.63, 3.8) is 0 Å². The van der Waals surface area contributed by atoms with Crippen molar-refractivity contribution in [2.24, 2.45) is 0 Å². The van der Waals surface area contributed by atoms with Gasteiger partial charge in [0.25, 0.3) is 0 Å². The van der Waals surface area contributed by atoms with Crippen LogP contribution >= 0.6 is 0 Å². The van der Waals surface area contributed by atoms with Crippen LogP contribution in [0.4, 0.5) is 0 Å². The van der Waals surface area contributed by atoms with Crippen LogP contribution < -0.4 is 10.6 Å². The molecule has 0 radical (unpaired) electrons. The molecule has 0 aromatic rings. The molecular weight excluding hydrogens is 152 g/mol. The summed E-state index contributed by atoms with van der Waals surface area (Å²) in [6.07, 6.45) is 6.53. The Morgan fingerprint density at radius 3 is 2.83 bits per heavy atom. The van der Waals surface area contributed by atoms with Gasteiger partial charge in [0.05, 0.1) is 6.04 Å². The molecule has 0 saturated heterocycles. The maximum absolute atomic E-state index is 10.7. The van der Waals surface area contributed by atoms with Crippen LogP contribution in [0.2, 0.25) is 0 Å². The number of carbonyl (C=O) groups excluding carboxylic acids is 1. The van der Waals surface area contributed by atoms with E-state index in [4.69, 9.17) is 6.42 Å². The summed E-state index contributed by atoms with van der Waals surface area (Å²) >= 11 is 0. The molecule has 0 aliphatic carbocycles. The number of hydrogen-bond acceptors (Lipinski definition) is 2. The summed E-state index contributed by atoms with van der Waals surface area (Å²) in [7, 11) is 1.64. The van der Waals surface area contributed by atoms with E-state index in [0.29, 0.717) is 6.42 Å². The Hall–Kier alpha value is -1.01. The Labute approximate surface area is 73.9 Å². The molecule has 0 heterocycles. The summed E-state index contributed by atoms with van der Waals surface area (Å²) in [6, 6.07) is 0.0923. The van der Waals surface area contributed by atoms with Crippen LogP contribution in [0, 0.1) is 12.3 Å². The van der Waals surface area contributed by atoms with Crippen LogP contribution in [0.5, 0.6) is 0 Å².